The summed E-state index contributed by atoms with van der Waals surface area (Å²) in [6, 6.07) is 0. The zero-order chi connectivity index (χ0) is 16.4. The van der Waals surface area contributed by atoms with Gasteiger partial charge in [0.15, 0.2) is 0 Å². The van der Waals surface area contributed by atoms with Crippen LogP contribution < -0.4 is 29.6 Å². The summed E-state index contributed by atoms with van der Waals surface area (Å²) in [4.78, 5) is 19.3. The van der Waals surface area contributed by atoms with Crippen LogP contribution in [0, 0.1) is 0 Å². The van der Waals surface area contributed by atoms with Crippen molar-refractivity contribution < 1.29 is 62.3 Å². The van der Waals surface area contributed by atoms with Crippen LogP contribution in [0.1, 0.15) is 65.2 Å². The molecule has 3 N–H and O–H groups in total. The molecule has 21 heavy (non-hydrogen) atoms. The third kappa shape index (κ3) is 65.2. The summed E-state index contributed by atoms with van der Waals surface area (Å²) in [5, 5.41) is 15.8. The summed E-state index contributed by atoms with van der Waals surface area (Å²) < 4.78 is 24.1. The van der Waals surface area contributed by atoms with Crippen LogP contribution in [-0.2, 0) is 29.0 Å². The van der Waals surface area contributed by atoms with Crippen molar-refractivity contribution in [1.82, 2.24) is 0 Å². The Morgan fingerprint density at radius 3 is 1.19 bits per heavy atom. The molecular formula is C12H25NaO7S. The zero-order valence-corrected chi connectivity index (χ0v) is 15.9. The third-order valence-electron chi connectivity index (χ3n) is 2.01. The molecule has 0 saturated heterocycles. The van der Waals surface area contributed by atoms with E-state index >= 15 is 0 Å². The molecule has 0 fully saturated rings. The Morgan fingerprint density at radius 1 is 0.810 bits per heavy atom. The third-order valence-corrected chi connectivity index (χ3v) is 2.01. The molecule has 0 aliphatic carbocycles. The number of carboxylic acid groups (broad SMARTS) is 2. The van der Waals surface area contributed by atoms with Crippen molar-refractivity contribution in [2.24, 2.45) is 0 Å². The fraction of sp³-hybridized carbons (Fsp3) is 0.833. The first kappa shape index (κ1) is 28.9. The average molecular weight is 336 g/mol. The Kier molecular flexibility index (Phi) is 34.2. The van der Waals surface area contributed by atoms with Gasteiger partial charge in [0.2, 0.25) is 0 Å². The molecule has 7 nitrogen and oxygen atoms in total. The average Bonchev–Trinajstić information content (AvgIpc) is 2.32. The first-order chi connectivity index (χ1) is 9.27. The van der Waals surface area contributed by atoms with Crippen molar-refractivity contribution in [3.8, 4) is 0 Å². The van der Waals surface area contributed by atoms with Crippen molar-refractivity contribution in [3.05, 3.63) is 0 Å². The van der Waals surface area contributed by atoms with Crippen molar-refractivity contribution in [1.29, 1.82) is 0 Å². The quantitative estimate of drug-likeness (QED) is 0.188. The van der Waals surface area contributed by atoms with E-state index in [1.807, 2.05) is 0 Å². The molecule has 0 bridgehead atoms. The molecule has 122 valence electrons. The van der Waals surface area contributed by atoms with E-state index in [1.54, 1.807) is 0 Å². The second-order valence-corrected chi connectivity index (χ2v) is 4.35. The summed E-state index contributed by atoms with van der Waals surface area (Å²) in [6.45, 7) is 4.51. The molecule has 0 heterocycles. The molecule has 0 rings (SSSR count). The van der Waals surface area contributed by atoms with Gasteiger partial charge in [-0.05, 0) is 0 Å². The van der Waals surface area contributed by atoms with E-state index in [1.165, 1.54) is 38.5 Å². The van der Waals surface area contributed by atoms with E-state index in [4.69, 9.17) is 23.2 Å². The van der Waals surface area contributed by atoms with Gasteiger partial charge in [0.25, 0.3) is 0 Å². The fourth-order valence-corrected chi connectivity index (χ4v) is 1.07. The minimum Gasteiger partial charge on any atom is -0.481 e. The van der Waals surface area contributed by atoms with Crippen LogP contribution in [0.15, 0.2) is 0 Å². The maximum atomic E-state index is 9.64. The number of unbranched alkanes of at least 4 members (excludes halogenated alkanes) is 5. The van der Waals surface area contributed by atoms with Crippen LogP contribution in [-0.4, -0.2) is 26.7 Å². The molecule has 0 aliphatic rings. The number of hydrogen-bond acceptors (Lipinski definition) is 5. The Labute approximate surface area is 150 Å². The monoisotopic (exact) mass is 336 g/mol. The molecule has 0 atom stereocenters. The summed E-state index contributed by atoms with van der Waals surface area (Å²) >= 11 is 0. The van der Waals surface area contributed by atoms with Crippen molar-refractivity contribution in [3.63, 3.8) is 0 Å². The molecule has 0 aromatic heterocycles. The Balaban J connectivity index is -0.000000107. The number of carboxylic acids is 2. The van der Waals surface area contributed by atoms with Gasteiger partial charge in [-0.25, -0.2) is 0 Å². The molecule has 0 saturated carbocycles. The van der Waals surface area contributed by atoms with Crippen LogP contribution in [0.5, 0.6) is 0 Å². The minimum absolute atomic E-state index is 0. The maximum absolute atomic E-state index is 9.64. The first-order valence-corrected chi connectivity index (χ1v) is 7.52. The van der Waals surface area contributed by atoms with Gasteiger partial charge in [-0.2, -0.15) is 0 Å². The normalized spacial score (nSPS) is 8.57. The summed E-state index contributed by atoms with van der Waals surface area (Å²) in [7, 11) is -2.86. The predicted octanol–water partition coefficient (Wildman–Crippen LogP) is 0.0753. The van der Waals surface area contributed by atoms with Crippen LogP contribution in [0.4, 0.5) is 0 Å². The maximum Gasteiger partial charge on any atom is 1.00 e. The van der Waals surface area contributed by atoms with Gasteiger partial charge >= 0.3 is 41.5 Å². The molecule has 9 heteroatoms. The Bertz CT molecular complexity index is 278. The molecule has 0 spiro atoms. The molecular weight excluding hydrogens is 311 g/mol. The summed E-state index contributed by atoms with van der Waals surface area (Å²) in [6.07, 6.45) is 7.90. The largest absolute Gasteiger partial charge is 1.00 e. The van der Waals surface area contributed by atoms with E-state index in [-0.39, 0.29) is 42.4 Å². The van der Waals surface area contributed by atoms with E-state index in [9.17, 15) is 9.59 Å². The van der Waals surface area contributed by atoms with Crippen LogP contribution in [0.25, 0.3) is 0 Å². The van der Waals surface area contributed by atoms with Crippen LogP contribution in [0.2, 0.25) is 0 Å². The van der Waals surface area contributed by atoms with Gasteiger partial charge < -0.3 is 23.2 Å². The van der Waals surface area contributed by atoms with Gasteiger partial charge in [0.1, 0.15) is 0 Å². The number of aliphatic carboxylic acids is 2. The standard InChI is InChI=1S/C8H18.C4H6O4.Na.HO3S/c1-3-5-7-8-6-4-2;5-3(6)1-2-4(7)8;;1-4(2)3/h3-8H2,1-2H3;1-2H2,(H,5,6)(H,7,8);;(H,1,2,3)/q;;+1;-1. The number of rotatable bonds is 8. The van der Waals surface area contributed by atoms with E-state index in [0.717, 1.165) is 0 Å². The van der Waals surface area contributed by atoms with Crippen molar-refractivity contribution >= 4 is 22.9 Å². The molecule has 0 aromatic rings. The van der Waals surface area contributed by atoms with Gasteiger partial charge in [-0.3, -0.25) is 9.59 Å². The molecule has 0 unspecified atom stereocenters. The molecule has 0 aromatic carbocycles. The Hall–Kier alpha value is -0.150. The first-order valence-electron chi connectivity index (χ1n) is 6.49. The zero-order valence-electron chi connectivity index (χ0n) is 13.0. The van der Waals surface area contributed by atoms with Crippen LogP contribution in [0.3, 0.4) is 0 Å². The van der Waals surface area contributed by atoms with Gasteiger partial charge in [-0.1, -0.05) is 52.4 Å². The summed E-state index contributed by atoms with van der Waals surface area (Å²) in [5.41, 5.74) is 0. The van der Waals surface area contributed by atoms with Crippen LogP contribution >= 0.6 is 0 Å². The van der Waals surface area contributed by atoms with Crippen molar-refractivity contribution in [2.75, 3.05) is 0 Å². The van der Waals surface area contributed by atoms with Gasteiger partial charge in [0, 0.05) is 11.0 Å². The minimum atomic E-state index is -2.86. The number of hydrogen-bond donors (Lipinski definition) is 3. The second-order valence-electron chi connectivity index (χ2n) is 3.92. The summed E-state index contributed by atoms with van der Waals surface area (Å²) in [5.74, 6) is -2.15. The van der Waals surface area contributed by atoms with E-state index in [2.05, 4.69) is 13.8 Å². The molecule has 0 radical (unpaired) electrons. The van der Waals surface area contributed by atoms with E-state index in [0.29, 0.717) is 0 Å². The fourth-order valence-electron chi connectivity index (χ4n) is 1.07. The molecule has 0 amide bonds. The SMILES string of the molecule is CCCCCCCC.O=C(O)CCC(=O)O.O=[S-](=O)O.[Na+]. The second kappa shape index (κ2) is 24.8. The smallest absolute Gasteiger partial charge is 0.481 e. The van der Waals surface area contributed by atoms with Gasteiger partial charge in [0.05, 0.1) is 12.8 Å². The van der Waals surface area contributed by atoms with Crippen molar-refractivity contribution in [2.45, 2.75) is 65.2 Å². The predicted molar refractivity (Wildman–Crippen MR) is 74.9 cm³/mol. The van der Waals surface area contributed by atoms with Gasteiger partial charge in [-0.15, -0.1) is 0 Å². The Morgan fingerprint density at radius 2 is 1.05 bits per heavy atom. The van der Waals surface area contributed by atoms with E-state index < -0.39 is 22.9 Å². The molecule has 0 aliphatic heterocycles. The topological polar surface area (TPSA) is 129 Å². The number of carbonyl (C=O) groups is 2.